The Bertz CT molecular complexity index is 322. The maximum absolute atomic E-state index is 11.9. The van der Waals surface area contributed by atoms with Crippen molar-refractivity contribution >= 4 is 5.91 Å². The van der Waals surface area contributed by atoms with E-state index in [1.807, 2.05) is 11.9 Å². The normalized spacial score (nSPS) is 20.9. The predicted octanol–water partition coefficient (Wildman–Crippen LogP) is 0.0912. The number of carbonyl (C=O) groups is 1. The third-order valence-corrected chi connectivity index (χ3v) is 2.80. The number of hydrogen-bond acceptors (Lipinski definition) is 3. The predicted molar refractivity (Wildman–Crippen MR) is 56.5 cm³/mol. The molecule has 0 saturated carbocycles. The quantitative estimate of drug-likeness (QED) is 0.740. The van der Waals surface area contributed by atoms with Gasteiger partial charge in [0, 0.05) is 19.3 Å². The van der Waals surface area contributed by atoms with Crippen molar-refractivity contribution in [2.45, 2.75) is 6.42 Å². The molecule has 0 radical (unpaired) electrons. The van der Waals surface area contributed by atoms with E-state index in [-0.39, 0.29) is 5.91 Å². The minimum absolute atomic E-state index is 0.0612. The summed E-state index contributed by atoms with van der Waals surface area (Å²) in [4.78, 5) is 13.8. The van der Waals surface area contributed by atoms with Crippen LogP contribution in [0, 0.1) is 5.92 Å². The van der Waals surface area contributed by atoms with Crippen LogP contribution < -0.4 is 5.32 Å². The maximum Gasteiger partial charge on any atom is 0.271 e. The summed E-state index contributed by atoms with van der Waals surface area (Å²) in [6.07, 6.45) is 2.69. The van der Waals surface area contributed by atoms with Gasteiger partial charge in [-0.2, -0.15) is 5.10 Å². The molecule has 5 heteroatoms. The van der Waals surface area contributed by atoms with Gasteiger partial charge < -0.3 is 10.2 Å². The topological polar surface area (TPSA) is 61.0 Å². The van der Waals surface area contributed by atoms with Crippen LogP contribution in [0.15, 0.2) is 12.3 Å². The molecule has 1 aromatic heterocycles. The van der Waals surface area contributed by atoms with E-state index in [1.54, 1.807) is 12.3 Å². The Balaban J connectivity index is 1.93. The molecule has 1 fully saturated rings. The molecule has 0 aromatic carbocycles. The number of amides is 1. The van der Waals surface area contributed by atoms with Crippen molar-refractivity contribution in [3.8, 4) is 0 Å². The van der Waals surface area contributed by atoms with Crippen LogP contribution in [0.1, 0.15) is 16.9 Å². The molecular weight excluding hydrogens is 192 g/mol. The van der Waals surface area contributed by atoms with Gasteiger partial charge in [0.05, 0.1) is 0 Å². The van der Waals surface area contributed by atoms with Crippen LogP contribution >= 0.6 is 0 Å². The second-order valence-electron chi connectivity index (χ2n) is 3.93. The summed E-state index contributed by atoms with van der Waals surface area (Å²) >= 11 is 0. The number of likely N-dealkylation sites (tertiary alicyclic amines) is 1. The molecule has 2 rings (SSSR count). The van der Waals surface area contributed by atoms with Gasteiger partial charge in [-0.3, -0.25) is 9.89 Å². The number of nitrogens with zero attached hydrogens (tertiary/aromatic N) is 2. The molecule has 1 aliphatic heterocycles. The highest BCUT2D eigenvalue weighted by Crippen LogP contribution is 2.17. The van der Waals surface area contributed by atoms with E-state index in [0.29, 0.717) is 11.6 Å². The molecule has 2 N–H and O–H groups in total. The summed E-state index contributed by atoms with van der Waals surface area (Å²) in [7, 11) is 1.94. The van der Waals surface area contributed by atoms with Crippen LogP contribution in [0.25, 0.3) is 0 Å². The largest absolute Gasteiger partial charge is 0.337 e. The fourth-order valence-corrected chi connectivity index (χ4v) is 2.02. The summed E-state index contributed by atoms with van der Waals surface area (Å²) in [5, 5.41) is 9.63. The van der Waals surface area contributed by atoms with Crippen LogP contribution in [0.5, 0.6) is 0 Å². The van der Waals surface area contributed by atoms with Gasteiger partial charge in [0.15, 0.2) is 0 Å². The van der Waals surface area contributed by atoms with Gasteiger partial charge in [0.1, 0.15) is 5.69 Å². The van der Waals surface area contributed by atoms with Crippen molar-refractivity contribution < 1.29 is 4.79 Å². The molecule has 1 saturated heterocycles. The lowest BCUT2D eigenvalue weighted by molar-refractivity contribution is 0.0781. The molecule has 2 heterocycles. The summed E-state index contributed by atoms with van der Waals surface area (Å²) in [5.41, 5.74) is 0.583. The molecule has 5 nitrogen and oxygen atoms in total. The Labute approximate surface area is 88.8 Å². The zero-order valence-electron chi connectivity index (χ0n) is 8.86. The molecule has 0 spiro atoms. The Morgan fingerprint density at radius 1 is 1.80 bits per heavy atom. The maximum atomic E-state index is 11.9. The van der Waals surface area contributed by atoms with Gasteiger partial charge in [-0.1, -0.05) is 0 Å². The third-order valence-electron chi connectivity index (χ3n) is 2.80. The highest BCUT2D eigenvalue weighted by Gasteiger charge is 2.26. The first kappa shape index (κ1) is 10.2. The summed E-state index contributed by atoms with van der Waals surface area (Å²) in [6, 6.07) is 1.72. The Morgan fingerprint density at radius 2 is 2.67 bits per heavy atom. The van der Waals surface area contributed by atoms with Gasteiger partial charge in [0.25, 0.3) is 5.91 Å². The van der Waals surface area contributed by atoms with Gasteiger partial charge in [0.2, 0.25) is 0 Å². The Morgan fingerprint density at radius 3 is 3.33 bits per heavy atom. The standard InChI is InChI=1S/C10H16N4O/c1-11-6-8-3-5-14(7-8)10(15)9-2-4-12-13-9/h2,4,8,11H,3,5-7H2,1H3,(H,12,13). The number of hydrogen-bond donors (Lipinski definition) is 2. The van der Waals surface area contributed by atoms with Gasteiger partial charge >= 0.3 is 0 Å². The molecule has 15 heavy (non-hydrogen) atoms. The number of carbonyl (C=O) groups excluding carboxylic acids is 1. The minimum Gasteiger partial charge on any atom is -0.337 e. The number of aromatic amines is 1. The Hall–Kier alpha value is -1.36. The zero-order valence-corrected chi connectivity index (χ0v) is 8.86. The molecule has 1 atom stereocenters. The second-order valence-corrected chi connectivity index (χ2v) is 3.93. The van der Waals surface area contributed by atoms with Crippen molar-refractivity contribution in [1.82, 2.24) is 20.4 Å². The number of rotatable bonds is 3. The molecule has 0 aliphatic carbocycles. The van der Waals surface area contributed by atoms with Crippen LogP contribution in [-0.2, 0) is 0 Å². The molecular formula is C10H16N4O. The van der Waals surface area contributed by atoms with E-state index in [1.165, 1.54) is 0 Å². The Kier molecular flexibility index (Phi) is 3.01. The monoisotopic (exact) mass is 208 g/mol. The summed E-state index contributed by atoms with van der Waals surface area (Å²) in [5.74, 6) is 0.646. The van der Waals surface area contributed by atoms with Crippen LogP contribution in [0.4, 0.5) is 0 Å². The second kappa shape index (κ2) is 4.44. The lowest BCUT2D eigenvalue weighted by atomic mass is 10.1. The summed E-state index contributed by atoms with van der Waals surface area (Å²) < 4.78 is 0. The summed E-state index contributed by atoms with van der Waals surface area (Å²) in [6.45, 7) is 2.68. The molecule has 1 aromatic rings. The van der Waals surface area contributed by atoms with Gasteiger partial charge in [-0.05, 0) is 32.0 Å². The molecule has 1 amide bonds. The first-order chi connectivity index (χ1) is 7.31. The van der Waals surface area contributed by atoms with Crippen molar-refractivity contribution in [2.75, 3.05) is 26.7 Å². The first-order valence-corrected chi connectivity index (χ1v) is 5.24. The average molecular weight is 208 g/mol. The lowest BCUT2D eigenvalue weighted by Crippen LogP contribution is -2.30. The SMILES string of the molecule is CNCC1CCN(C(=O)c2ccn[nH]2)C1. The van der Waals surface area contributed by atoms with Crippen LogP contribution in [-0.4, -0.2) is 47.7 Å². The van der Waals surface area contributed by atoms with E-state index < -0.39 is 0 Å². The van der Waals surface area contributed by atoms with Crippen molar-refractivity contribution in [2.24, 2.45) is 5.92 Å². The molecule has 1 unspecified atom stereocenters. The lowest BCUT2D eigenvalue weighted by Gasteiger charge is -2.15. The fourth-order valence-electron chi connectivity index (χ4n) is 2.02. The van der Waals surface area contributed by atoms with Crippen molar-refractivity contribution in [3.05, 3.63) is 18.0 Å². The average Bonchev–Trinajstić information content (AvgIpc) is 2.87. The zero-order chi connectivity index (χ0) is 10.7. The van der Waals surface area contributed by atoms with Crippen molar-refractivity contribution in [3.63, 3.8) is 0 Å². The van der Waals surface area contributed by atoms with E-state index in [4.69, 9.17) is 0 Å². The molecule has 82 valence electrons. The minimum atomic E-state index is 0.0612. The van der Waals surface area contributed by atoms with Gasteiger partial charge in [-0.15, -0.1) is 0 Å². The number of aromatic nitrogens is 2. The van der Waals surface area contributed by atoms with E-state index in [9.17, 15) is 4.79 Å². The highest BCUT2D eigenvalue weighted by molar-refractivity contribution is 5.92. The smallest absolute Gasteiger partial charge is 0.271 e. The number of H-pyrrole nitrogens is 1. The van der Waals surface area contributed by atoms with E-state index in [0.717, 1.165) is 26.1 Å². The van der Waals surface area contributed by atoms with Gasteiger partial charge in [-0.25, -0.2) is 0 Å². The third kappa shape index (κ3) is 2.18. The van der Waals surface area contributed by atoms with E-state index in [2.05, 4.69) is 15.5 Å². The van der Waals surface area contributed by atoms with Crippen LogP contribution in [0.2, 0.25) is 0 Å². The fraction of sp³-hybridized carbons (Fsp3) is 0.600. The molecule has 0 bridgehead atoms. The highest BCUT2D eigenvalue weighted by atomic mass is 16.2. The number of nitrogens with one attached hydrogen (secondary N) is 2. The van der Waals surface area contributed by atoms with E-state index >= 15 is 0 Å². The molecule has 1 aliphatic rings. The van der Waals surface area contributed by atoms with Crippen LogP contribution in [0.3, 0.4) is 0 Å². The van der Waals surface area contributed by atoms with Crippen molar-refractivity contribution in [1.29, 1.82) is 0 Å². The first-order valence-electron chi connectivity index (χ1n) is 5.24.